The van der Waals surface area contributed by atoms with Crippen molar-refractivity contribution in [2.45, 2.75) is 23.2 Å². The number of alkyl halides is 3. The van der Waals surface area contributed by atoms with Crippen molar-refractivity contribution in [3.63, 3.8) is 0 Å². The predicted molar refractivity (Wildman–Crippen MR) is 94.3 cm³/mol. The summed E-state index contributed by atoms with van der Waals surface area (Å²) >= 11 is -0.192. The minimum atomic E-state index is -4.33. The molecule has 1 heterocycles. The number of amides is 1. The molecule has 0 aromatic heterocycles. The third kappa shape index (κ3) is 7.05. The van der Waals surface area contributed by atoms with Gasteiger partial charge in [0, 0.05) is 29.5 Å². The molecule has 0 unspecified atom stereocenters. The molecule has 0 aliphatic carbocycles. The van der Waals surface area contributed by atoms with Gasteiger partial charge >= 0.3 is 5.51 Å². The molecule has 1 aromatic carbocycles. The zero-order valence-corrected chi connectivity index (χ0v) is 15.5. The highest BCUT2D eigenvalue weighted by atomic mass is 35.5. The number of methoxy groups -OCH3 is 1. The normalized spacial score (nSPS) is 16.8. The van der Waals surface area contributed by atoms with Crippen LogP contribution in [0, 0.1) is 5.41 Å². The first-order chi connectivity index (χ1) is 11.3. The summed E-state index contributed by atoms with van der Waals surface area (Å²) in [5.41, 5.74) is -4.07. The van der Waals surface area contributed by atoms with Crippen LogP contribution in [0.15, 0.2) is 29.2 Å². The van der Waals surface area contributed by atoms with Crippen LogP contribution in [0.3, 0.4) is 0 Å². The number of halogens is 4. The smallest absolute Gasteiger partial charge is 0.384 e. The summed E-state index contributed by atoms with van der Waals surface area (Å²) in [6, 6.07) is 5.44. The van der Waals surface area contributed by atoms with E-state index in [1.54, 1.807) is 7.11 Å². The number of nitrogens with one attached hydrogen (secondary N) is 2. The summed E-state index contributed by atoms with van der Waals surface area (Å²) in [5, 5.41) is 6.17. The highest BCUT2D eigenvalue weighted by Gasteiger charge is 2.32. The molecule has 4 nitrogen and oxygen atoms in total. The largest absolute Gasteiger partial charge is 0.446 e. The van der Waals surface area contributed by atoms with E-state index in [-0.39, 0.29) is 40.4 Å². The summed E-state index contributed by atoms with van der Waals surface area (Å²) in [7, 11) is 1.64. The van der Waals surface area contributed by atoms with E-state index in [0.29, 0.717) is 18.7 Å². The van der Waals surface area contributed by atoms with Crippen LogP contribution in [0.5, 0.6) is 0 Å². The average Bonchev–Trinajstić information content (AvgIpc) is 2.53. The van der Waals surface area contributed by atoms with Gasteiger partial charge in [-0.05, 0) is 62.0 Å². The minimum absolute atomic E-state index is 0. The van der Waals surface area contributed by atoms with Crippen LogP contribution in [0.1, 0.15) is 23.2 Å². The number of thioether (sulfide) groups is 1. The molecule has 142 valence electrons. The van der Waals surface area contributed by atoms with Crippen molar-refractivity contribution < 1.29 is 22.7 Å². The van der Waals surface area contributed by atoms with Gasteiger partial charge in [-0.1, -0.05) is 0 Å². The van der Waals surface area contributed by atoms with Gasteiger partial charge in [0.05, 0.1) is 6.61 Å². The average molecular weight is 399 g/mol. The lowest BCUT2D eigenvalue weighted by molar-refractivity contribution is -0.0328. The maximum atomic E-state index is 12.3. The molecule has 1 saturated heterocycles. The van der Waals surface area contributed by atoms with Crippen molar-refractivity contribution in [3.8, 4) is 0 Å². The monoisotopic (exact) mass is 398 g/mol. The van der Waals surface area contributed by atoms with Gasteiger partial charge in [0.25, 0.3) is 5.91 Å². The first-order valence-electron chi connectivity index (χ1n) is 7.67. The van der Waals surface area contributed by atoms with Crippen molar-refractivity contribution in [1.29, 1.82) is 0 Å². The number of hydrogen-bond donors (Lipinski definition) is 2. The number of carbonyl (C=O) groups is 1. The van der Waals surface area contributed by atoms with E-state index >= 15 is 0 Å². The molecule has 1 aliphatic heterocycles. The van der Waals surface area contributed by atoms with Crippen LogP contribution in [0.4, 0.5) is 13.2 Å². The molecule has 0 saturated carbocycles. The van der Waals surface area contributed by atoms with Crippen molar-refractivity contribution in [3.05, 3.63) is 29.8 Å². The van der Waals surface area contributed by atoms with E-state index in [4.69, 9.17) is 4.74 Å². The molecule has 1 aliphatic rings. The Hall–Kier alpha value is -0.960. The Morgan fingerprint density at radius 2 is 1.88 bits per heavy atom. The molecule has 1 aromatic rings. The number of hydrogen-bond acceptors (Lipinski definition) is 4. The Labute approximate surface area is 155 Å². The van der Waals surface area contributed by atoms with Crippen molar-refractivity contribution in [2.24, 2.45) is 5.41 Å². The molecule has 1 fully saturated rings. The molecule has 2 rings (SSSR count). The van der Waals surface area contributed by atoms with Gasteiger partial charge in [-0.2, -0.15) is 13.2 Å². The fourth-order valence-corrected chi connectivity index (χ4v) is 3.35. The summed E-state index contributed by atoms with van der Waals surface area (Å²) in [5.74, 6) is -0.285. The van der Waals surface area contributed by atoms with E-state index in [0.717, 1.165) is 25.9 Å². The number of rotatable bonds is 6. The quantitative estimate of drug-likeness (QED) is 0.720. The summed E-state index contributed by atoms with van der Waals surface area (Å²) < 4.78 is 42.2. The van der Waals surface area contributed by atoms with Crippen molar-refractivity contribution >= 4 is 30.1 Å². The molecule has 25 heavy (non-hydrogen) atoms. The van der Waals surface area contributed by atoms with Gasteiger partial charge in [0.15, 0.2) is 0 Å². The number of piperidine rings is 1. The molecular weight excluding hydrogens is 377 g/mol. The topological polar surface area (TPSA) is 50.4 Å². The van der Waals surface area contributed by atoms with E-state index in [2.05, 4.69) is 10.6 Å². The van der Waals surface area contributed by atoms with E-state index in [1.807, 2.05) is 0 Å². The number of carbonyl (C=O) groups excluding carboxylic acids is 1. The third-order valence-corrected chi connectivity index (χ3v) is 4.83. The second-order valence-electron chi connectivity index (χ2n) is 5.94. The van der Waals surface area contributed by atoms with E-state index in [1.165, 1.54) is 24.3 Å². The van der Waals surface area contributed by atoms with Gasteiger partial charge in [0.1, 0.15) is 0 Å². The molecule has 0 spiro atoms. The molecular formula is C16H22ClF3N2O2S. The van der Waals surface area contributed by atoms with Crippen LogP contribution in [-0.4, -0.2) is 44.8 Å². The third-order valence-electron chi connectivity index (χ3n) is 4.09. The SMILES string of the molecule is COCC1(CNC(=O)c2ccc(SC(F)(F)F)cc2)CCNCC1.Cl. The molecule has 0 bridgehead atoms. The first-order valence-corrected chi connectivity index (χ1v) is 8.49. The predicted octanol–water partition coefficient (Wildman–Crippen LogP) is 3.47. The van der Waals surface area contributed by atoms with Crippen molar-refractivity contribution in [1.82, 2.24) is 10.6 Å². The van der Waals surface area contributed by atoms with Crippen molar-refractivity contribution in [2.75, 3.05) is 33.4 Å². The molecule has 1 amide bonds. The second kappa shape index (κ2) is 9.66. The zero-order valence-electron chi connectivity index (χ0n) is 13.8. The highest BCUT2D eigenvalue weighted by Crippen LogP contribution is 2.36. The first kappa shape index (κ1) is 22.1. The number of benzene rings is 1. The van der Waals surface area contributed by atoms with Gasteiger partial charge in [-0.3, -0.25) is 4.79 Å². The summed E-state index contributed by atoms with van der Waals surface area (Å²) in [4.78, 5) is 12.3. The van der Waals surface area contributed by atoms with E-state index < -0.39 is 5.51 Å². The molecule has 9 heteroatoms. The summed E-state index contributed by atoms with van der Waals surface area (Å²) in [6.07, 6.45) is 1.81. The van der Waals surface area contributed by atoms with Gasteiger partial charge in [-0.15, -0.1) is 12.4 Å². The fourth-order valence-electron chi connectivity index (χ4n) is 2.81. The standard InChI is InChI=1S/C16H21F3N2O2S.ClH/c1-23-11-15(6-8-20-9-7-15)10-21-14(22)12-2-4-13(5-3-12)24-16(17,18)19;/h2-5,20H,6-11H2,1H3,(H,21,22);1H. The lowest BCUT2D eigenvalue weighted by Gasteiger charge is -2.37. The summed E-state index contributed by atoms with van der Waals surface area (Å²) in [6.45, 7) is 2.81. The van der Waals surface area contributed by atoms with E-state index in [9.17, 15) is 18.0 Å². The minimum Gasteiger partial charge on any atom is -0.384 e. The van der Waals surface area contributed by atoms with Gasteiger partial charge < -0.3 is 15.4 Å². The van der Waals surface area contributed by atoms with Crippen LogP contribution >= 0.6 is 24.2 Å². The Balaban J connectivity index is 0.00000312. The Morgan fingerprint density at radius 1 is 1.28 bits per heavy atom. The Kier molecular flexibility index (Phi) is 8.53. The molecule has 2 N–H and O–H groups in total. The van der Waals surface area contributed by atoms with Crippen LogP contribution in [0.2, 0.25) is 0 Å². The fraction of sp³-hybridized carbons (Fsp3) is 0.562. The zero-order chi connectivity index (χ0) is 17.6. The van der Waals surface area contributed by atoms with Crippen LogP contribution in [-0.2, 0) is 4.74 Å². The number of ether oxygens (including phenoxy) is 1. The Bertz CT molecular complexity index is 544. The molecule has 0 atom stereocenters. The lowest BCUT2D eigenvalue weighted by Crippen LogP contribution is -2.47. The lowest BCUT2D eigenvalue weighted by atomic mass is 9.79. The van der Waals surface area contributed by atoms with Gasteiger partial charge in [0.2, 0.25) is 0 Å². The maximum Gasteiger partial charge on any atom is 0.446 e. The maximum absolute atomic E-state index is 12.3. The van der Waals surface area contributed by atoms with Crippen LogP contribution < -0.4 is 10.6 Å². The van der Waals surface area contributed by atoms with Crippen LogP contribution in [0.25, 0.3) is 0 Å². The Morgan fingerprint density at radius 3 is 2.40 bits per heavy atom. The highest BCUT2D eigenvalue weighted by molar-refractivity contribution is 8.00. The molecule has 0 radical (unpaired) electrons. The second-order valence-corrected chi connectivity index (χ2v) is 7.08. The van der Waals surface area contributed by atoms with Gasteiger partial charge in [-0.25, -0.2) is 0 Å².